The summed E-state index contributed by atoms with van der Waals surface area (Å²) in [7, 11) is 0. The van der Waals surface area contributed by atoms with E-state index in [1.165, 1.54) is 11.5 Å². The van der Waals surface area contributed by atoms with Crippen LogP contribution >= 0.6 is 11.5 Å². The summed E-state index contributed by atoms with van der Waals surface area (Å²) in [4.78, 5) is 13.0. The third kappa shape index (κ3) is 1.61. The Bertz CT molecular complexity index is 669. The summed E-state index contributed by atoms with van der Waals surface area (Å²) in [5.74, 6) is 0.814. The van der Waals surface area contributed by atoms with E-state index in [-0.39, 0.29) is 0 Å². The number of aryl methyl sites for hydroxylation is 2. The van der Waals surface area contributed by atoms with Gasteiger partial charge in [-0.1, -0.05) is 11.4 Å². The van der Waals surface area contributed by atoms with Gasteiger partial charge in [-0.2, -0.15) is 0 Å². The molecule has 0 unspecified atom stereocenters. The van der Waals surface area contributed by atoms with Crippen LogP contribution in [0.2, 0.25) is 0 Å². The molecular weight excluding hydrogens is 234 g/mol. The molecule has 3 aromatic rings. The number of H-pyrrole nitrogens is 1. The van der Waals surface area contributed by atoms with E-state index < -0.39 is 0 Å². The average Bonchev–Trinajstić information content (AvgIpc) is 2.94. The molecule has 0 radical (unpaired) electrons. The second kappa shape index (κ2) is 3.89. The van der Waals surface area contributed by atoms with Gasteiger partial charge in [-0.05, 0) is 36.5 Å². The lowest BCUT2D eigenvalue weighted by atomic mass is 10.3. The van der Waals surface area contributed by atoms with Crippen LogP contribution in [0.15, 0.2) is 12.3 Å². The van der Waals surface area contributed by atoms with Crippen molar-refractivity contribution in [3.05, 3.63) is 23.5 Å². The number of fused-ring (bicyclic) bond motifs is 1. The summed E-state index contributed by atoms with van der Waals surface area (Å²) in [5, 5.41) is 4.09. The standard InChI is InChI=1S/C11H11N5S/c1-3-7-9(17-16-15-7)11-13-8-6(2)4-5-12-10(8)14-11/h4-5H,3H2,1-2H3,(H,12,13,14). The first-order chi connectivity index (χ1) is 8.29. The Labute approximate surface area is 102 Å². The van der Waals surface area contributed by atoms with E-state index in [2.05, 4.69) is 31.5 Å². The van der Waals surface area contributed by atoms with E-state index in [1.807, 2.05) is 13.0 Å². The molecule has 0 fully saturated rings. The fraction of sp³-hybridized carbons (Fsp3) is 0.273. The minimum absolute atomic E-state index is 0.746. The monoisotopic (exact) mass is 245 g/mol. The summed E-state index contributed by atoms with van der Waals surface area (Å²) in [6.45, 7) is 4.10. The van der Waals surface area contributed by atoms with Gasteiger partial charge in [0.2, 0.25) is 0 Å². The molecule has 0 aromatic carbocycles. The van der Waals surface area contributed by atoms with E-state index in [0.717, 1.165) is 39.5 Å². The van der Waals surface area contributed by atoms with Crippen LogP contribution in [0.5, 0.6) is 0 Å². The predicted molar refractivity (Wildman–Crippen MR) is 66.9 cm³/mol. The minimum Gasteiger partial charge on any atom is -0.336 e. The number of aromatic amines is 1. The van der Waals surface area contributed by atoms with Crippen LogP contribution in [0.3, 0.4) is 0 Å². The first-order valence-electron chi connectivity index (χ1n) is 5.42. The van der Waals surface area contributed by atoms with Gasteiger partial charge in [0.15, 0.2) is 11.5 Å². The lowest BCUT2D eigenvalue weighted by molar-refractivity contribution is 0.990. The zero-order valence-corrected chi connectivity index (χ0v) is 10.4. The van der Waals surface area contributed by atoms with Gasteiger partial charge in [0.05, 0.1) is 11.2 Å². The zero-order valence-electron chi connectivity index (χ0n) is 9.56. The molecule has 0 amide bonds. The third-order valence-electron chi connectivity index (χ3n) is 2.71. The SMILES string of the molecule is CCc1nnsc1-c1nc2nccc(C)c2[nH]1. The Morgan fingerprint density at radius 1 is 1.41 bits per heavy atom. The van der Waals surface area contributed by atoms with Crippen LogP contribution < -0.4 is 0 Å². The van der Waals surface area contributed by atoms with Crippen molar-refractivity contribution in [1.82, 2.24) is 24.5 Å². The highest BCUT2D eigenvalue weighted by molar-refractivity contribution is 7.09. The first kappa shape index (κ1) is 10.3. The van der Waals surface area contributed by atoms with E-state index in [4.69, 9.17) is 0 Å². The molecular formula is C11H11N5S. The molecule has 1 N–H and O–H groups in total. The first-order valence-corrected chi connectivity index (χ1v) is 6.20. The third-order valence-corrected chi connectivity index (χ3v) is 3.48. The van der Waals surface area contributed by atoms with Crippen molar-refractivity contribution >= 4 is 22.7 Å². The normalized spacial score (nSPS) is 11.2. The Kier molecular flexibility index (Phi) is 2.36. The number of rotatable bonds is 2. The fourth-order valence-electron chi connectivity index (χ4n) is 1.76. The molecule has 17 heavy (non-hydrogen) atoms. The summed E-state index contributed by atoms with van der Waals surface area (Å²) in [5.41, 5.74) is 3.85. The lowest BCUT2D eigenvalue weighted by Crippen LogP contribution is -1.85. The number of hydrogen-bond acceptors (Lipinski definition) is 5. The van der Waals surface area contributed by atoms with Crippen molar-refractivity contribution in [2.45, 2.75) is 20.3 Å². The smallest absolute Gasteiger partial charge is 0.178 e. The van der Waals surface area contributed by atoms with Gasteiger partial charge < -0.3 is 4.98 Å². The van der Waals surface area contributed by atoms with Gasteiger partial charge in [-0.15, -0.1) is 5.10 Å². The van der Waals surface area contributed by atoms with Crippen molar-refractivity contribution in [2.75, 3.05) is 0 Å². The maximum Gasteiger partial charge on any atom is 0.178 e. The highest BCUT2D eigenvalue weighted by atomic mass is 32.1. The quantitative estimate of drug-likeness (QED) is 0.752. The molecule has 86 valence electrons. The number of aromatic nitrogens is 5. The van der Waals surface area contributed by atoms with Crippen molar-refractivity contribution < 1.29 is 0 Å². The van der Waals surface area contributed by atoms with Crippen LogP contribution in [0, 0.1) is 6.92 Å². The summed E-state index contributed by atoms with van der Waals surface area (Å²) < 4.78 is 3.97. The van der Waals surface area contributed by atoms with E-state index in [1.54, 1.807) is 6.20 Å². The van der Waals surface area contributed by atoms with E-state index in [9.17, 15) is 0 Å². The molecule has 3 heterocycles. The van der Waals surface area contributed by atoms with Crippen molar-refractivity contribution in [3.63, 3.8) is 0 Å². The molecule has 6 heteroatoms. The lowest BCUT2D eigenvalue weighted by Gasteiger charge is -1.92. The minimum atomic E-state index is 0.746. The van der Waals surface area contributed by atoms with Crippen LogP contribution in [-0.4, -0.2) is 24.5 Å². The average molecular weight is 245 g/mol. The van der Waals surface area contributed by atoms with Gasteiger partial charge >= 0.3 is 0 Å². The topological polar surface area (TPSA) is 67.3 Å². The Hall–Kier alpha value is -1.82. The molecule has 0 saturated carbocycles. The number of nitrogens with one attached hydrogen (secondary N) is 1. The van der Waals surface area contributed by atoms with Crippen LogP contribution in [0.25, 0.3) is 21.9 Å². The molecule has 0 aliphatic heterocycles. The predicted octanol–water partition coefficient (Wildman–Crippen LogP) is 2.35. The van der Waals surface area contributed by atoms with Crippen LogP contribution in [0.1, 0.15) is 18.2 Å². The van der Waals surface area contributed by atoms with Crippen molar-refractivity contribution in [2.24, 2.45) is 0 Å². The molecule has 0 aliphatic rings. The highest BCUT2D eigenvalue weighted by Gasteiger charge is 2.14. The summed E-state index contributed by atoms with van der Waals surface area (Å²) in [6.07, 6.45) is 2.63. The molecule has 0 aliphatic carbocycles. The molecule has 0 saturated heterocycles. The van der Waals surface area contributed by atoms with Crippen LogP contribution in [0.4, 0.5) is 0 Å². The Balaban J connectivity index is 2.22. The van der Waals surface area contributed by atoms with Gasteiger partial charge in [-0.3, -0.25) is 0 Å². The Morgan fingerprint density at radius 2 is 2.29 bits per heavy atom. The summed E-state index contributed by atoms with van der Waals surface area (Å²) in [6, 6.07) is 1.97. The largest absolute Gasteiger partial charge is 0.336 e. The van der Waals surface area contributed by atoms with Gasteiger partial charge in [0.1, 0.15) is 4.88 Å². The second-order valence-electron chi connectivity index (χ2n) is 3.81. The van der Waals surface area contributed by atoms with Gasteiger partial charge in [0, 0.05) is 6.20 Å². The number of nitrogens with zero attached hydrogens (tertiary/aromatic N) is 4. The molecule has 3 rings (SSSR count). The number of pyridine rings is 1. The maximum atomic E-state index is 4.49. The fourth-order valence-corrected chi connectivity index (χ4v) is 2.46. The van der Waals surface area contributed by atoms with Gasteiger partial charge in [-0.25, -0.2) is 9.97 Å². The molecule has 0 bridgehead atoms. The highest BCUT2D eigenvalue weighted by Crippen LogP contribution is 2.26. The van der Waals surface area contributed by atoms with Gasteiger partial charge in [0.25, 0.3) is 0 Å². The van der Waals surface area contributed by atoms with Crippen LogP contribution in [-0.2, 0) is 6.42 Å². The summed E-state index contributed by atoms with van der Waals surface area (Å²) >= 11 is 1.37. The van der Waals surface area contributed by atoms with E-state index >= 15 is 0 Å². The maximum absolute atomic E-state index is 4.49. The van der Waals surface area contributed by atoms with E-state index in [0.29, 0.717) is 0 Å². The molecule has 5 nitrogen and oxygen atoms in total. The molecule has 0 atom stereocenters. The van der Waals surface area contributed by atoms with Crippen molar-refractivity contribution in [1.29, 1.82) is 0 Å². The number of hydrogen-bond donors (Lipinski definition) is 1. The zero-order chi connectivity index (χ0) is 11.8. The molecule has 0 spiro atoms. The van der Waals surface area contributed by atoms with Crippen molar-refractivity contribution in [3.8, 4) is 10.7 Å². The Morgan fingerprint density at radius 3 is 3.06 bits per heavy atom. The molecule has 3 aromatic heterocycles. The second-order valence-corrected chi connectivity index (χ2v) is 4.57. The number of imidazole rings is 1.